The van der Waals surface area contributed by atoms with Crippen LogP contribution >= 0.6 is 0 Å². The summed E-state index contributed by atoms with van der Waals surface area (Å²) in [5, 5.41) is 9.21. The molecule has 16 heavy (non-hydrogen) atoms. The third-order valence-corrected chi connectivity index (χ3v) is 3.73. The van der Waals surface area contributed by atoms with Crippen LogP contribution < -0.4 is 5.73 Å². The van der Waals surface area contributed by atoms with Crippen molar-refractivity contribution in [1.82, 2.24) is 0 Å². The minimum Gasteiger partial charge on any atom is -0.509 e. The lowest BCUT2D eigenvalue weighted by atomic mass is 9.67. The molecule has 3 N–H and O–H groups in total. The van der Waals surface area contributed by atoms with Crippen LogP contribution in [-0.2, 0) is 0 Å². The van der Waals surface area contributed by atoms with Gasteiger partial charge in [0.25, 0.3) is 0 Å². The minimum atomic E-state index is 0.0395. The smallest absolute Gasteiger partial charge is 0.110 e. The largest absolute Gasteiger partial charge is 0.509 e. The van der Waals surface area contributed by atoms with Gasteiger partial charge < -0.3 is 10.8 Å². The van der Waals surface area contributed by atoms with Crippen molar-refractivity contribution in [3.05, 3.63) is 24.1 Å². The first-order valence-corrected chi connectivity index (χ1v) is 6.13. The maximum atomic E-state index is 9.21. The third-order valence-electron chi connectivity index (χ3n) is 3.73. The Morgan fingerprint density at radius 1 is 1.38 bits per heavy atom. The van der Waals surface area contributed by atoms with Gasteiger partial charge in [-0.2, -0.15) is 0 Å². The highest BCUT2D eigenvalue weighted by Crippen LogP contribution is 2.42. The maximum Gasteiger partial charge on any atom is 0.110 e. The van der Waals surface area contributed by atoms with E-state index in [4.69, 9.17) is 5.73 Å². The highest BCUT2D eigenvalue weighted by molar-refractivity contribution is 5.17. The molecule has 0 rings (SSSR count). The highest BCUT2D eigenvalue weighted by Gasteiger charge is 2.34. The van der Waals surface area contributed by atoms with Crippen molar-refractivity contribution in [3.63, 3.8) is 0 Å². The van der Waals surface area contributed by atoms with E-state index in [1.165, 1.54) is 0 Å². The van der Waals surface area contributed by atoms with Crippen LogP contribution in [0, 0.1) is 17.3 Å². The molecule has 0 aliphatic heterocycles. The van der Waals surface area contributed by atoms with E-state index in [9.17, 15) is 5.11 Å². The van der Waals surface area contributed by atoms with E-state index in [1.807, 2.05) is 0 Å². The lowest BCUT2D eigenvalue weighted by molar-refractivity contribution is 0.151. The standard InChI is InChI=1S/C14H27NO/c1-7-14(6,8-2)13(10(3)4)12(15)9-11(5)16/h9-10,13,16H,5,7-8,15H2,1-4,6H3/b12-9+/t13-/m0/s1. The topological polar surface area (TPSA) is 46.2 Å². The number of aliphatic hydroxyl groups excluding tert-OH is 1. The quantitative estimate of drug-likeness (QED) is 0.530. The number of aliphatic hydroxyl groups is 1. The zero-order valence-corrected chi connectivity index (χ0v) is 11.4. The average Bonchev–Trinajstić information content (AvgIpc) is 2.15. The van der Waals surface area contributed by atoms with Gasteiger partial charge in [-0.3, -0.25) is 0 Å². The summed E-state index contributed by atoms with van der Waals surface area (Å²) in [6.07, 6.45) is 3.76. The van der Waals surface area contributed by atoms with E-state index in [2.05, 4.69) is 41.2 Å². The van der Waals surface area contributed by atoms with Gasteiger partial charge in [-0.15, -0.1) is 0 Å². The molecule has 0 aliphatic rings. The van der Waals surface area contributed by atoms with E-state index in [1.54, 1.807) is 6.08 Å². The molecule has 0 saturated carbocycles. The van der Waals surface area contributed by atoms with Crippen molar-refractivity contribution >= 4 is 0 Å². The number of allylic oxidation sites excluding steroid dienone is 2. The summed E-state index contributed by atoms with van der Waals surface area (Å²) in [5.41, 5.74) is 7.03. The summed E-state index contributed by atoms with van der Waals surface area (Å²) in [5.74, 6) is 0.782. The second-order valence-electron chi connectivity index (χ2n) is 5.22. The highest BCUT2D eigenvalue weighted by atomic mass is 16.3. The van der Waals surface area contributed by atoms with E-state index in [0.717, 1.165) is 18.5 Å². The fourth-order valence-electron chi connectivity index (χ4n) is 2.56. The average molecular weight is 225 g/mol. The van der Waals surface area contributed by atoms with Crippen LogP contribution in [0.2, 0.25) is 0 Å². The van der Waals surface area contributed by atoms with Crippen LogP contribution in [0.5, 0.6) is 0 Å². The second-order valence-corrected chi connectivity index (χ2v) is 5.22. The Hall–Kier alpha value is -0.920. The molecule has 0 unspecified atom stereocenters. The summed E-state index contributed by atoms with van der Waals surface area (Å²) in [6.45, 7) is 14.5. The molecule has 0 spiro atoms. The van der Waals surface area contributed by atoms with Crippen molar-refractivity contribution in [1.29, 1.82) is 0 Å². The number of rotatable bonds is 6. The molecule has 2 nitrogen and oxygen atoms in total. The van der Waals surface area contributed by atoms with Crippen LogP contribution in [0.4, 0.5) is 0 Å². The number of nitrogens with two attached hydrogens (primary N) is 1. The summed E-state index contributed by atoms with van der Waals surface area (Å²) in [6, 6.07) is 0. The summed E-state index contributed by atoms with van der Waals surface area (Å²) >= 11 is 0. The van der Waals surface area contributed by atoms with Gasteiger partial charge in [-0.05, 0) is 17.4 Å². The van der Waals surface area contributed by atoms with Crippen molar-refractivity contribution in [2.75, 3.05) is 0 Å². The zero-order chi connectivity index (χ0) is 12.9. The molecular weight excluding hydrogens is 198 g/mol. The van der Waals surface area contributed by atoms with Crippen LogP contribution in [0.25, 0.3) is 0 Å². The van der Waals surface area contributed by atoms with Gasteiger partial charge in [0, 0.05) is 11.6 Å². The Kier molecular flexibility index (Phi) is 5.63. The first-order chi connectivity index (χ1) is 7.28. The molecule has 0 aliphatic carbocycles. The molecule has 0 aromatic heterocycles. The summed E-state index contributed by atoms with van der Waals surface area (Å²) in [4.78, 5) is 0. The molecule has 0 radical (unpaired) electrons. The fourth-order valence-corrected chi connectivity index (χ4v) is 2.56. The second kappa shape index (κ2) is 5.97. The molecule has 0 amide bonds. The van der Waals surface area contributed by atoms with Gasteiger partial charge in [0.1, 0.15) is 5.76 Å². The minimum absolute atomic E-state index is 0.0395. The van der Waals surface area contributed by atoms with Gasteiger partial charge in [-0.1, -0.05) is 54.0 Å². The van der Waals surface area contributed by atoms with Gasteiger partial charge in [-0.25, -0.2) is 0 Å². The van der Waals surface area contributed by atoms with Gasteiger partial charge in [0.05, 0.1) is 0 Å². The third kappa shape index (κ3) is 3.58. The summed E-state index contributed by atoms with van der Waals surface area (Å²) < 4.78 is 0. The molecule has 0 aromatic carbocycles. The van der Waals surface area contributed by atoms with E-state index in [0.29, 0.717) is 5.92 Å². The van der Waals surface area contributed by atoms with Crippen LogP contribution in [0.3, 0.4) is 0 Å². The van der Waals surface area contributed by atoms with Crippen LogP contribution in [0.1, 0.15) is 47.5 Å². The lowest BCUT2D eigenvalue weighted by Crippen LogP contribution is -2.34. The van der Waals surface area contributed by atoms with E-state index in [-0.39, 0.29) is 17.1 Å². The first kappa shape index (κ1) is 15.1. The van der Waals surface area contributed by atoms with Gasteiger partial charge in [0.2, 0.25) is 0 Å². The predicted octanol–water partition coefficient (Wildman–Crippen LogP) is 4.00. The molecule has 0 fully saturated rings. The van der Waals surface area contributed by atoms with Crippen molar-refractivity contribution in [3.8, 4) is 0 Å². The molecule has 0 aromatic rings. The van der Waals surface area contributed by atoms with Crippen molar-refractivity contribution in [2.24, 2.45) is 23.0 Å². The molecule has 1 atom stereocenters. The SMILES string of the molecule is C=C(O)/C=C(/N)[C@H](C(C)C)C(C)(CC)CC. The van der Waals surface area contributed by atoms with Gasteiger partial charge >= 0.3 is 0 Å². The Morgan fingerprint density at radius 2 is 1.81 bits per heavy atom. The van der Waals surface area contributed by atoms with Crippen molar-refractivity contribution < 1.29 is 5.11 Å². The first-order valence-electron chi connectivity index (χ1n) is 6.13. The lowest BCUT2D eigenvalue weighted by Gasteiger charge is -2.39. The predicted molar refractivity (Wildman–Crippen MR) is 71.1 cm³/mol. The van der Waals surface area contributed by atoms with Crippen LogP contribution in [0.15, 0.2) is 24.1 Å². The van der Waals surface area contributed by atoms with E-state index >= 15 is 0 Å². The van der Waals surface area contributed by atoms with Gasteiger partial charge in [0.15, 0.2) is 0 Å². The Bertz CT molecular complexity index is 262. The summed E-state index contributed by atoms with van der Waals surface area (Å²) in [7, 11) is 0. The molecule has 2 heteroatoms. The fraction of sp³-hybridized carbons (Fsp3) is 0.714. The number of hydrogen-bond acceptors (Lipinski definition) is 2. The monoisotopic (exact) mass is 225 g/mol. The van der Waals surface area contributed by atoms with Crippen LogP contribution in [-0.4, -0.2) is 5.11 Å². The normalized spacial score (nSPS) is 15.2. The number of hydrogen-bond donors (Lipinski definition) is 2. The zero-order valence-electron chi connectivity index (χ0n) is 11.4. The maximum absolute atomic E-state index is 9.21. The Morgan fingerprint density at radius 3 is 2.06 bits per heavy atom. The molecule has 94 valence electrons. The molecule has 0 saturated heterocycles. The van der Waals surface area contributed by atoms with Crippen molar-refractivity contribution in [2.45, 2.75) is 47.5 Å². The molecular formula is C14H27NO. The Labute approximate surface area is 100 Å². The molecule has 0 heterocycles. The molecule has 0 bridgehead atoms. The van der Waals surface area contributed by atoms with E-state index < -0.39 is 0 Å². The Balaban J connectivity index is 5.23.